The van der Waals surface area contributed by atoms with E-state index in [-0.39, 0.29) is 11.9 Å². The van der Waals surface area contributed by atoms with Gasteiger partial charge in [0.05, 0.1) is 12.1 Å². The van der Waals surface area contributed by atoms with E-state index in [9.17, 15) is 13.2 Å². The molecule has 2 heterocycles. The summed E-state index contributed by atoms with van der Waals surface area (Å²) in [6, 6.07) is 8.73. The van der Waals surface area contributed by atoms with Gasteiger partial charge in [0.15, 0.2) is 5.96 Å². The fourth-order valence-corrected chi connectivity index (χ4v) is 2.93. The Kier molecular flexibility index (Phi) is 7.69. The number of ether oxygens (including phenoxy) is 1. The van der Waals surface area contributed by atoms with Gasteiger partial charge in [-0.1, -0.05) is 13.0 Å². The van der Waals surface area contributed by atoms with Crippen molar-refractivity contribution in [1.29, 1.82) is 0 Å². The number of benzene rings is 1. The van der Waals surface area contributed by atoms with Crippen molar-refractivity contribution in [2.75, 3.05) is 13.6 Å². The maximum Gasteiger partial charge on any atom is 0.416 e. The Morgan fingerprint density at radius 2 is 2.03 bits per heavy atom. The Balaban J connectivity index is 1.54. The molecular weight excluding hydrogens is 421 g/mol. The summed E-state index contributed by atoms with van der Waals surface area (Å²) in [6.07, 6.45) is 2.77. The fourth-order valence-electron chi connectivity index (χ4n) is 2.93. The number of halogens is 3. The molecule has 0 saturated carbocycles. The molecule has 0 spiro atoms. The third kappa shape index (κ3) is 6.47. The first kappa shape index (κ1) is 23.1. The molecule has 7 nitrogen and oxygen atoms in total. The van der Waals surface area contributed by atoms with Gasteiger partial charge >= 0.3 is 6.18 Å². The summed E-state index contributed by atoms with van der Waals surface area (Å²) in [5, 5.41) is 6.37. The number of guanidine groups is 1. The Morgan fingerprint density at radius 1 is 1.19 bits per heavy atom. The van der Waals surface area contributed by atoms with Crippen molar-refractivity contribution in [3.8, 4) is 11.6 Å². The second-order valence-electron chi connectivity index (χ2n) is 6.97. The summed E-state index contributed by atoms with van der Waals surface area (Å²) in [5.74, 6) is 1.49. The second-order valence-corrected chi connectivity index (χ2v) is 6.97. The van der Waals surface area contributed by atoms with Crippen molar-refractivity contribution < 1.29 is 17.9 Å². The van der Waals surface area contributed by atoms with Crippen LogP contribution in [-0.2, 0) is 12.7 Å². The van der Waals surface area contributed by atoms with Crippen LogP contribution >= 0.6 is 0 Å². The van der Waals surface area contributed by atoms with E-state index in [1.807, 2.05) is 29.8 Å². The molecule has 32 heavy (non-hydrogen) atoms. The summed E-state index contributed by atoms with van der Waals surface area (Å²) in [4.78, 5) is 12.5. The summed E-state index contributed by atoms with van der Waals surface area (Å²) in [7, 11) is 1.65. The first-order valence-corrected chi connectivity index (χ1v) is 10.1. The van der Waals surface area contributed by atoms with Gasteiger partial charge in [-0.15, -0.1) is 0 Å². The summed E-state index contributed by atoms with van der Waals surface area (Å²) >= 11 is 0. The van der Waals surface area contributed by atoms with Crippen LogP contribution in [0, 0.1) is 0 Å². The van der Waals surface area contributed by atoms with Gasteiger partial charge < -0.3 is 15.4 Å². The molecule has 2 N–H and O–H groups in total. The van der Waals surface area contributed by atoms with Crippen LogP contribution in [0.2, 0.25) is 0 Å². The minimum Gasteiger partial charge on any atom is -0.489 e. The van der Waals surface area contributed by atoms with Crippen LogP contribution < -0.4 is 15.4 Å². The van der Waals surface area contributed by atoms with Gasteiger partial charge in [0, 0.05) is 32.2 Å². The van der Waals surface area contributed by atoms with Crippen molar-refractivity contribution in [3.63, 3.8) is 0 Å². The first-order chi connectivity index (χ1) is 15.4. The molecule has 170 valence electrons. The highest BCUT2D eigenvalue weighted by molar-refractivity contribution is 5.79. The van der Waals surface area contributed by atoms with Gasteiger partial charge in [0.1, 0.15) is 24.0 Å². The zero-order valence-corrected chi connectivity index (χ0v) is 17.8. The molecule has 0 bridgehead atoms. The predicted octanol–water partition coefficient (Wildman–Crippen LogP) is 3.81. The SMILES string of the molecule is CCC(CNC(=NC)NCc1ccnc(-n2ccnc2)c1)Oc1cccc(C(F)(F)F)c1. The lowest BCUT2D eigenvalue weighted by molar-refractivity contribution is -0.137. The van der Waals surface area contributed by atoms with E-state index >= 15 is 0 Å². The molecule has 0 radical (unpaired) electrons. The number of imidazole rings is 1. The van der Waals surface area contributed by atoms with Crippen LogP contribution in [0.3, 0.4) is 0 Å². The molecule has 0 fully saturated rings. The number of rotatable bonds is 8. The topological polar surface area (TPSA) is 76.4 Å². The van der Waals surface area contributed by atoms with E-state index in [0.717, 1.165) is 23.5 Å². The van der Waals surface area contributed by atoms with Crippen molar-refractivity contribution in [1.82, 2.24) is 25.2 Å². The van der Waals surface area contributed by atoms with Crippen LogP contribution in [0.15, 0.2) is 66.3 Å². The quantitative estimate of drug-likeness (QED) is 0.407. The van der Waals surface area contributed by atoms with E-state index in [2.05, 4.69) is 25.6 Å². The van der Waals surface area contributed by atoms with Crippen LogP contribution in [0.4, 0.5) is 13.2 Å². The summed E-state index contributed by atoms with van der Waals surface area (Å²) in [5.41, 5.74) is 0.265. The zero-order chi connectivity index (χ0) is 23.0. The fraction of sp³-hybridized carbons (Fsp3) is 0.318. The molecule has 0 aliphatic carbocycles. The molecule has 0 aliphatic rings. The van der Waals surface area contributed by atoms with Crippen LogP contribution in [0.25, 0.3) is 5.82 Å². The van der Waals surface area contributed by atoms with Gasteiger partial charge in [0.2, 0.25) is 0 Å². The largest absolute Gasteiger partial charge is 0.489 e. The van der Waals surface area contributed by atoms with E-state index in [1.54, 1.807) is 25.8 Å². The molecule has 0 aliphatic heterocycles. The Bertz CT molecular complexity index is 1020. The van der Waals surface area contributed by atoms with Crippen molar-refractivity contribution in [2.24, 2.45) is 4.99 Å². The van der Waals surface area contributed by atoms with Crippen molar-refractivity contribution >= 4 is 5.96 Å². The van der Waals surface area contributed by atoms with Gasteiger partial charge in [-0.05, 0) is 42.3 Å². The van der Waals surface area contributed by atoms with Crippen LogP contribution in [0.1, 0.15) is 24.5 Å². The molecule has 1 unspecified atom stereocenters. The normalized spacial score (nSPS) is 13.0. The van der Waals surface area contributed by atoms with Crippen LogP contribution in [-0.4, -0.2) is 40.2 Å². The van der Waals surface area contributed by atoms with Gasteiger partial charge in [0.25, 0.3) is 0 Å². The Labute approximate surface area is 184 Å². The van der Waals surface area contributed by atoms with Crippen molar-refractivity contribution in [3.05, 3.63) is 72.4 Å². The van der Waals surface area contributed by atoms with Crippen molar-refractivity contribution in [2.45, 2.75) is 32.2 Å². The first-order valence-electron chi connectivity index (χ1n) is 10.1. The molecule has 0 saturated heterocycles. The second kappa shape index (κ2) is 10.7. The third-order valence-corrected chi connectivity index (χ3v) is 4.68. The maximum absolute atomic E-state index is 12.9. The Morgan fingerprint density at radius 3 is 2.72 bits per heavy atom. The van der Waals surface area contributed by atoms with E-state index in [0.29, 0.717) is 25.5 Å². The molecule has 1 aromatic carbocycles. The molecular formula is C22H25F3N6O. The van der Waals surface area contributed by atoms with E-state index < -0.39 is 11.7 Å². The minimum absolute atomic E-state index is 0.181. The number of pyridine rings is 1. The number of nitrogens with zero attached hydrogens (tertiary/aromatic N) is 4. The number of aromatic nitrogens is 3. The van der Waals surface area contributed by atoms with E-state index in [1.165, 1.54) is 12.1 Å². The third-order valence-electron chi connectivity index (χ3n) is 4.68. The highest BCUT2D eigenvalue weighted by Crippen LogP contribution is 2.31. The highest BCUT2D eigenvalue weighted by Gasteiger charge is 2.30. The molecule has 10 heteroatoms. The van der Waals surface area contributed by atoms with E-state index in [4.69, 9.17) is 4.74 Å². The lowest BCUT2D eigenvalue weighted by Gasteiger charge is -2.20. The molecule has 3 aromatic rings. The average Bonchev–Trinajstić information content (AvgIpc) is 3.33. The average molecular weight is 446 g/mol. The van der Waals surface area contributed by atoms with Gasteiger partial charge in [-0.3, -0.25) is 9.56 Å². The highest BCUT2D eigenvalue weighted by atomic mass is 19.4. The van der Waals surface area contributed by atoms with Gasteiger partial charge in [-0.25, -0.2) is 9.97 Å². The predicted molar refractivity (Wildman–Crippen MR) is 116 cm³/mol. The lowest BCUT2D eigenvalue weighted by atomic mass is 10.2. The molecule has 3 rings (SSSR count). The lowest BCUT2D eigenvalue weighted by Crippen LogP contribution is -2.42. The summed E-state index contributed by atoms with van der Waals surface area (Å²) in [6.45, 7) is 2.79. The number of alkyl halides is 3. The Hall–Kier alpha value is -3.56. The minimum atomic E-state index is -4.41. The number of hydrogen-bond acceptors (Lipinski definition) is 4. The standard InChI is InChI=1S/C22H25F3N6O/c1-3-18(32-19-6-4-5-17(12-19)22(23,24)25)14-30-21(26-2)29-13-16-7-8-28-20(11-16)31-10-9-27-15-31/h4-12,15,18H,3,13-14H2,1-2H3,(H2,26,29,30). The summed E-state index contributed by atoms with van der Waals surface area (Å²) < 4.78 is 46.3. The number of aliphatic imine (C=N–C) groups is 1. The smallest absolute Gasteiger partial charge is 0.416 e. The number of hydrogen-bond donors (Lipinski definition) is 2. The molecule has 0 amide bonds. The van der Waals surface area contributed by atoms with Crippen LogP contribution in [0.5, 0.6) is 5.75 Å². The monoisotopic (exact) mass is 446 g/mol. The molecule has 1 atom stereocenters. The van der Waals surface area contributed by atoms with Gasteiger partial charge in [-0.2, -0.15) is 13.2 Å². The molecule has 2 aromatic heterocycles. The zero-order valence-electron chi connectivity index (χ0n) is 17.8. The number of nitrogens with one attached hydrogen (secondary N) is 2. The maximum atomic E-state index is 12.9.